The summed E-state index contributed by atoms with van der Waals surface area (Å²) in [7, 11) is 0. The first-order valence-corrected chi connectivity index (χ1v) is 6.93. The smallest absolute Gasteiger partial charge is 0.151 e. The van der Waals surface area contributed by atoms with Crippen LogP contribution >= 0.6 is 22.6 Å². The molecule has 0 radical (unpaired) electrons. The summed E-state index contributed by atoms with van der Waals surface area (Å²) >= 11 is 2.17. The van der Waals surface area contributed by atoms with Crippen molar-refractivity contribution in [1.82, 2.24) is 0 Å². The molecule has 0 amide bonds. The molecular weight excluding hydrogens is 354 g/mol. The lowest BCUT2D eigenvalue weighted by Gasteiger charge is -2.00. The molecule has 1 aromatic heterocycles. The van der Waals surface area contributed by atoms with Crippen molar-refractivity contribution < 1.29 is 8.81 Å². The van der Waals surface area contributed by atoms with Gasteiger partial charge in [-0.1, -0.05) is 42.5 Å². The van der Waals surface area contributed by atoms with Crippen molar-refractivity contribution in [3.05, 3.63) is 70.1 Å². The van der Waals surface area contributed by atoms with E-state index >= 15 is 0 Å². The molecule has 2 aromatic carbocycles. The van der Waals surface area contributed by atoms with Gasteiger partial charge in [0.25, 0.3) is 0 Å². The zero-order valence-electron chi connectivity index (χ0n) is 9.94. The van der Waals surface area contributed by atoms with E-state index in [1.54, 1.807) is 18.2 Å². The quantitative estimate of drug-likeness (QED) is 0.558. The Morgan fingerprint density at radius 2 is 1.58 bits per heavy atom. The molecule has 19 heavy (non-hydrogen) atoms. The zero-order valence-corrected chi connectivity index (χ0v) is 12.1. The molecule has 0 saturated carbocycles. The number of hydrogen-bond acceptors (Lipinski definition) is 1. The summed E-state index contributed by atoms with van der Waals surface area (Å²) in [6, 6.07) is 18.4. The van der Waals surface area contributed by atoms with Gasteiger partial charge >= 0.3 is 0 Å². The highest BCUT2D eigenvalue weighted by atomic mass is 127. The fourth-order valence-corrected chi connectivity index (χ4v) is 2.63. The van der Waals surface area contributed by atoms with Crippen molar-refractivity contribution in [2.24, 2.45) is 0 Å². The first-order valence-electron chi connectivity index (χ1n) is 5.85. The maximum absolute atomic E-state index is 13.8. The topological polar surface area (TPSA) is 13.1 Å². The normalized spacial score (nSPS) is 10.6. The molecule has 0 aliphatic carbocycles. The number of benzene rings is 2. The molecule has 94 valence electrons. The molecule has 0 atom stereocenters. The van der Waals surface area contributed by atoms with E-state index in [2.05, 4.69) is 22.6 Å². The highest BCUT2D eigenvalue weighted by molar-refractivity contribution is 14.1. The average Bonchev–Trinajstić information content (AvgIpc) is 2.82. The van der Waals surface area contributed by atoms with E-state index in [0.29, 0.717) is 11.3 Å². The second kappa shape index (κ2) is 5.17. The van der Waals surface area contributed by atoms with Crippen molar-refractivity contribution in [3.8, 4) is 22.6 Å². The van der Waals surface area contributed by atoms with Gasteiger partial charge in [-0.05, 0) is 40.8 Å². The molecule has 0 N–H and O–H groups in total. The number of rotatable bonds is 2. The van der Waals surface area contributed by atoms with Gasteiger partial charge in [-0.25, -0.2) is 4.39 Å². The van der Waals surface area contributed by atoms with Crippen LogP contribution in [0, 0.1) is 9.39 Å². The summed E-state index contributed by atoms with van der Waals surface area (Å²) in [5, 5.41) is 0. The fourth-order valence-electron chi connectivity index (χ4n) is 1.94. The largest absolute Gasteiger partial charge is 0.455 e. The van der Waals surface area contributed by atoms with E-state index in [1.165, 1.54) is 6.07 Å². The summed E-state index contributed by atoms with van der Waals surface area (Å²) in [5.74, 6) is 1.06. The van der Waals surface area contributed by atoms with Gasteiger partial charge in [0.1, 0.15) is 11.6 Å². The molecule has 3 rings (SSSR count). The number of furan rings is 1. The van der Waals surface area contributed by atoms with Crippen LogP contribution in [0.2, 0.25) is 0 Å². The summed E-state index contributed by atoms with van der Waals surface area (Å²) < 4.78 is 20.5. The lowest BCUT2D eigenvalue weighted by molar-refractivity contribution is 0.580. The highest BCUT2D eigenvalue weighted by Gasteiger charge is 2.15. The van der Waals surface area contributed by atoms with Crippen molar-refractivity contribution in [1.29, 1.82) is 0 Å². The van der Waals surface area contributed by atoms with Gasteiger partial charge in [-0.3, -0.25) is 0 Å². The molecule has 1 heterocycles. The van der Waals surface area contributed by atoms with Crippen LogP contribution in [0.3, 0.4) is 0 Å². The molecule has 1 nitrogen and oxygen atoms in total. The first-order chi connectivity index (χ1) is 9.25. The average molecular weight is 364 g/mol. The molecule has 3 aromatic rings. The molecule has 0 bridgehead atoms. The second-order valence-electron chi connectivity index (χ2n) is 4.13. The Bertz CT molecular complexity index is 704. The van der Waals surface area contributed by atoms with E-state index < -0.39 is 0 Å². The third kappa shape index (κ3) is 2.42. The van der Waals surface area contributed by atoms with E-state index in [-0.39, 0.29) is 5.82 Å². The van der Waals surface area contributed by atoms with E-state index in [9.17, 15) is 4.39 Å². The van der Waals surface area contributed by atoms with Crippen molar-refractivity contribution in [3.63, 3.8) is 0 Å². The minimum Gasteiger partial charge on any atom is -0.455 e. The van der Waals surface area contributed by atoms with Gasteiger partial charge in [0.05, 0.1) is 9.13 Å². The van der Waals surface area contributed by atoms with Gasteiger partial charge in [-0.15, -0.1) is 0 Å². The lowest BCUT2D eigenvalue weighted by atomic mass is 10.1. The predicted molar refractivity (Wildman–Crippen MR) is 82.3 cm³/mol. The summed E-state index contributed by atoms with van der Waals surface area (Å²) in [4.78, 5) is 0. The maximum atomic E-state index is 13.8. The van der Waals surface area contributed by atoms with Crippen LogP contribution in [0.5, 0.6) is 0 Å². The van der Waals surface area contributed by atoms with Gasteiger partial charge < -0.3 is 4.42 Å². The Morgan fingerprint density at radius 1 is 0.895 bits per heavy atom. The molecule has 0 spiro atoms. The van der Waals surface area contributed by atoms with Gasteiger partial charge in [-0.2, -0.15) is 0 Å². The fraction of sp³-hybridized carbons (Fsp3) is 0. The zero-order chi connectivity index (χ0) is 13.2. The van der Waals surface area contributed by atoms with E-state index in [1.807, 2.05) is 36.4 Å². The van der Waals surface area contributed by atoms with Crippen LogP contribution in [-0.2, 0) is 0 Å². The van der Waals surface area contributed by atoms with Crippen LogP contribution < -0.4 is 0 Å². The molecule has 3 heteroatoms. The molecule has 0 aliphatic heterocycles. The van der Waals surface area contributed by atoms with Crippen LogP contribution in [0.1, 0.15) is 0 Å². The molecule has 0 aliphatic rings. The van der Waals surface area contributed by atoms with Crippen molar-refractivity contribution in [2.75, 3.05) is 0 Å². The van der Waals surface area contributed by atoms with E-state index in [0.717, 1.165) is 14.9 Å². The van der Waals surface area contributed by atoms with Gasteiger partial charge in [0, 0.05) is 5.56 Å². The monoisotopic (exact) mass is 364 g/mol. The molecular formula is C16H10FIO. The van der Waals surface area contributed by atoms with Crippen LogP contribution in [0.25, 0.3) is 22.6 Å². The highest BCUT2D eigenvalue weighted by Crippen LogP contribution is 2.34. The Kier molecular flexibility index (Phi) is 3.38. The Labute approximate surface area is 124 Å². The minimum atomic E-state index is -0.269. The lowest BCUT2D eigenvalue weighted by Crippen LogP contribution is -1.82. The number of hydrogen-bond donors (Lipinski definition) is 0. The first kappa shape index (κ1) is 12.4. The van der Waals surface area contributed by atoms with Crippen LogP contribution in [-0.4, -0.2) is 0 Å². The molecule has 0 fully saturated rings. The van der Waals surface area contributed by atoms with E-state index in [4.69, 9.17) is 4.42 Å². The Morgan fingerprint density at radius 3 is 2.32 bits per heavy atom. The maximum Gasteiger partial charge on any atom is 0.151 e. The summed E-state index contributed by atoms with van der Waals surface area (Å²) in [6.45, 7) is 0. The minimum absolute atomic E-state index is 0.269. The number of halogens is 2. The van der Waals surface area contributed by atoms with Crippen LogP contribution in [0.15, 0.2) is 65.1 Å². The summed E-state index contributed by atoms with van der Waals surface area (Å²) in [6.07, 6.45) is 0. The van der Waals surface area contributed by atoms with Gasteiger partial charge in [0.2, 0.25) is 0 Å². The Hall–Kier alpha value is -1.62. The standard InChI is InChI=1S/C16H10FIO/c17-13-9-5-4-8-12(13)16-14(18)10-15(19-16)11-6-2-1-3-7-11/h1-10H. The predicted octanol–water partition coefficient (Wildman–Crippen LogP) is 5.36. The Balaban J connectivity index is 2.11. The van der Waals surface area contributed by atoms with Crippen molar-refractivity contribution >= 4 is 22.6 Å². The summed E-state index contributed by atoms with van der Waals surface area (Å²) in [5.41, 5.74) is 1.48. The van der Waals surface area contributed by atoms with Crippen molar-refractivity contribution in [2.45, 2.75) is 0 Å². The van der Waals surface area contributed by atoms with Crippen LogP contribution in [0.4, 0.5) is 4.39 Å². The molecule has 0 saturated heterocycles. The third-order valence-electron chi connectivity index (χ3n) is 2.86. The second-order valence-corrected chi connectivity index (χ2v) is 5.30. The molecule has 0 unspecified atom stereocenters. The van der Waals surface area contributed by atoms with Gasteiger partial charge in [0.15, 0.2) is 5.76 Å². The third-order valence-corrected chi connectivity index (χ3v) is 3.66. The SMILES string of the molecule is Fc1ccccc1-c1oc(-c2ccccc2)cc1I.